The van der Waals surface area contributed by atoms with Crippen molar-refractivity contribution in [2.24, 2.45) is 0 Å². The zero-order chi connectivity index (χ0) is 27.7. The summed E-state index contributed by atoms with van der Waals surface area (Å²) in [6.07, 6.45) is 5.25. The molecule has 38 heavy (non-hydrogen) atoms. The Morgan fingerprint density at radius 2 is 1.74 bits per heavy atom. The van der Waals surface area contributed by atoms with Crippen LogP contribution in [0, 0.1) is 6.92 Å². The van der Waals surface area contributed by atoms with Crippen molar-refractivity contribution in [2.75, 3.05) is 13.2 Å². The van der Waals surface area contributed by atoms with Gasteiger partial charge in [0.05, 0.1) is 12.3 Å². The monoisotopic (exact) mass is 516 g/mol. The molecule has 0 aliphatic heterocycles. The molecule has 0 aliphatic carbocycles. The van der Waals surface area contributed by atoms with Crippen molar-refractivity contribution >= 4 is 23.9 Å². The molecule has 7 heteroatoms. The number of rotatable bonds is 10. The summed E-state index contributed by atoms with van der Waals surface area (Å²) < 4.78 is 12.4. The summed E-state index contributed by atoms with van der Waals surface area (Å²) in [6.45, 7) is 9.82. The highest BCUT2D eigenvalue weighted by Gasteiger charge is 2.24. The maximum atomic E-state index is 13.0. The summed E-state index contributed by atoms with van der Waals surface area (Å²) in [7, 11) is 0. The van der Waals surface area contributed by atoms with Gasteiger partial charge in [0.1, 0.15) is 12.1 Å². The smallest absolute Gasteiger partial charge is 0.411 e. The van der Waals surface area contributed by atoms with Crippen LogP contribution in [0.2, 0.25) is 0 Å². The van der Waals surface area contributed by atoms with Crippen molar-refractivity contribution in [2.45, 2.75) is 53.3 Å². The molecule has 0 radical (unpaired) electrons. The Bertz CT molecular complexity index is 1280. The molecule has 0 bridgehead atoms. The summed E-state index contributed by atoms with van der Waals surface area (Å²) in [5, 5.41) is 0. The average molecular weight is 517 g/mol. The molecule has 0 aliphatic rings. The molecule has 1 aromatic heterocycles. The number of carbonyl (C=O) groups excluding carboxylic acids is 3. The normalized spacial score (nSPS) is 11.4. The molecule has 3 aromatic rings. The first-order valence-electron chi connectivity index (χ1n) is 12.7. The lowest BCUT2D eigenvalue weighted by Crippen LogP contribution is -2.39. The first-order chi connectivity index (χ1) is 18.1. The van der Waals surface area contributed by atoms with Crippen LogP contribution in [0.1, 0.15) is 60.4 Å². The van der Waals surface area contributed by atoms with Gasteiger partial charge in [0.15, 0.2) is 0 Å². The number of ether oxygens (including phenoxy) is 2. The molecule has 0 saturated carbocycles. The van der Waals surface area contributed by atoms with Crippen LogP contribution in [-0.4, -0.2) is 46.1 Å². The molecule has 0 saturated heterocycles. The fourth-order valence-electron chi connectivity index (χ4n) is 3.82. The fourth-order valence-corrected chi connectivity index (χ4v) is 3.82. The quantitative estimate of drug-likeness (QED) is 0.242. The minimum Gasteiger partial charge on any atom is -0.465 e. The minimum absolute atomic E-state index is 0.0192. The molecule has 1 amide bonds. The molecule has 7 nitrogen and oxygen atoms in total. The van der Waals surface area contributed by atoms with Crippen LogP contribution < -0.4 is 0 Å². The number of hydrogen-bond acceptors (Lipinski definition) is 5. The molecule has 0 N–H and O–H groups in total. The number of allylic oxidation sites excluding steroid dienone is 1. The summed E-state index contributed by atoms with van der Waals surface area (Å²) in [6, 6.07) is 18.9. The van der Waals surface area contributed by atoms with Crippen molar-refractivity contribution in [1.29, 1.82) is 0 Å². The predicted octanol–water partition coefficient (Wildman–Crippen LogP) is 6.04. The maximum Gasteiger partial charge on any atom is 0.411 e. The van der Waals surface area contributed by atoms with Crippen LogP contribution in [-0.2, 0) is 27.4 Å². The van der Waals surface area contributed by atoms with E-state index in [1.54, 1.807) is 27.7 Å². The standard InChI is InChI=1S/C31H36N2O5/c1-6-37-28(34)22-33(30(36)38-31(3,4)5)21-25-11-7-10-24(20-25)12-8-18-32-19-9-13-27(32)29(35)26-16-14-23(2)15-17-26/h7-17,19-20H,6,18,21-22H2,1-5H3/b12-8+. The van der Waals surface area contributed by atoms with Crippen molar-refractivity contribution in [3.63, 3.8) is 0 Å². The number of hydrogen-bond donors (Lipinski definition) is 0. The Kier molecular flexibility index (Phi) is 9.66. The van der Waals surface area contributed by atoms with E-state index in [9.17, 15) is 14.4 Å². The lowest BCUT2D eigenvalue weighted by molar-refractivity contribution is -0.144. The van der Waals surface area contributed by atoms with Crippen LogP contribution in [0.15, 0.2) is 72.9 Å². The van der Waals surface area contributed by atoms with Gasteiger partial charge in [-0.3, -0.25) is 14.5 Å². The lowest BCUT2D eigenvalue weighted by Gasteiger charge is -2.27. The third-order valence-corrected chi connectivity index (χ3v) is 5.59. The Hall–Kier alpha value is -4.13. The minimum atomic E-state index is -0.688. The third kappa shape index (κ3) is 8.47. The van der Waals surface area contributed by atoms with E-state index < -0.39 is 17.7 Å². The molecule has 1 heterocycles. The topological polar surface area (TPSA) is 77.8 Å². The number of amides is 1. The summed E-state index contributed by atoms with van der Waals surface area (Å²) in [5.41, 5.74) is 3.48. The lowest BCUT2D eigenvalue weighted by atomic mass is 10.1. The van der Waals surface area contributed by atoms with E-state index >= 15 is 0 Å². The summed E-state index contributed by atoms with van der Waals surface area (Å²) in [4.78, 5) is 39.2. The van der Waals surface area contributed by atoms with Crippen molar-refractivity contribution in [1.82, 2.24) is 9.47 Å². The SMILES string of the molecule is CCOC(=O)CN(Cc1cccc(/C=C/Cn2cccc2C(=O)c2ccc(C)cc2)c1)C(=O)OC(C)(C)C. The Morgan fingerprint density at radius 1 is 1.00 bits per heavy atom. The molecule has 200 valence electrons. The van der Waals surface area contributed by atoms with Gasteiger partial charge in [0.2, 0.25) is 5.78 Å². The van der Waals surface area contributed by atoms with E-state index in [1.165, 1.54) is 4.90 Å². The molecule has 2 aromatic carbocycles. The van der Waals surface area contributed by atoms with Gasteiger partial charge < -0.3 is 14.0 Å². The molecule has 3 rings (SSSR count). The Labute approximate surface area is 224 Å². The highest BCUT2D eigenvalue weighted by molar-refractivity contribution is 6.08. The van der Waals surface area contributed by atoms with Crippen LogP contribution in [0.3, 0.4) is 0 Å². The number of ketones is 1. The zero-order valence-corrected chi connectivity index (χ0v) is 22.8. The van der Waals surface area contributed by atoms with Gasteiger partial charge in [-0.2, -0.15) is 0 Å². The number of aromatic nitrogens is 1. The van der Waals surface area contributed by atoms with Crippen LogP contribution >= 0.6 is 0 Å². The molecule has 0 unspecified atom stereocenters. The number of benzene rings is 2. The highest BCUT2D eigenvalue weighted by atomic mass is 16.6. The molecular formula is C31H36N2O5. The second-order valence-corrected chi connectivity index (χ2v) is 10.0. The van der Waals surface area contributed by atoms with E-state index in [-0.39, 0.29) is 25.5 Å². The third-order valence-electron chi connectivity index (χ3n) is 5.59. The Morgan fingerprint density at radius 3 is 2.42 bits per heavy atom. The van der Waals surface area contributed by atoms with E-state index in [1.807, 2.05) is 90.5 Å². The van der Waals surface area contributed by atoms with Gasteiger partial charge in [-0.1, -0.05) is 60.2 Å². The van der Waals surface area contributed by atoms with Gasteiger partial charge in [-0.05, 0) is 63.9 Å². The van der Waals surface area contributed by atoms with Gasteiger partial charge in [-0.15, -0.1) is 0 Å². The largest absolute Gasteiger partial charge is 0.465 e. The first-order valence-corrected chi connectivity index (χ1v) is 12.7. The van der Waals surface area contributed by atoms with Gasteiger partial charge in [0.25, 0.3) is 0 Å². The van der Waals surface area contributed by atoms with E-state index in [2.05, 4.69) is 0 Å². The summed E-state index contributed by atoms with van der Waals surface area (Å²) in [5.74, 6) is -0.508. The van der Waals surface area contributed by atoms with Gasteiger partial charge >= 0.3 is 12.1 Å². The number of aryl methyl sites for hydroxylation is 1. The first kappa shape index (κ1) is 28.4. The number of carbonyl (C=O) groups is 3. The van der Waals surface area contributed by atoms with Crippen LogP contribution in [0.25, 0.3) is 6.08 Å². The van der Waals surface area contributed by atoms with Crippen LogP contribution in [0.4, 0.5) is 4.79 Å². The number of esters is 1. The Balaban J connectivity index is 1.70. The van der Waals surface area contributed by atoms with Gasteiger partial charge in [0, 0.05) is 24.8 Å². The fraction of sp³-hybridized carbons (Fsp3) is 0.323. The molecule has 0 atom stereocenters. The molecular weight excluding hydrogens is 480 g/mol. The van der Waals surface area contributed by atoms with E-state index in [0.717, 1.165) is 16.7 Å². The number of nitrogens with zero attached hydrogens (tertiary/aromatic N) is 2. The summed E-state index contributed by atoms with van der Waals surface area (Å²) >= 11 is 0. The molecule has 0 fully saturated rings. The highest BCUT2D eigenvalue weighted by Crippen LogP contribution is 2.16. The van der Waals surface area contributed by atoms with E-state index in [4.69, 9.17) is 9.47 Å². The van der Waals surface area contributed by atoms with E-state index in [0.29, 0.717) is 17.8 Å². The van der Waals surface area contributed by atoms with Crippen molar-refractivity contribution < 1.29 is 23.9 Å². The molecule has 0 spiro atoms. The second-order valence-electron chi connectivity index (χ2n) is 10.0. The zero-order valence-electron chi connectivity index (χ0n) is 22.8. The predicted molar refractivity (Wildman–Crippen MR) is 148 cm³/mol. The van der Waals surface area contributed by atoms with Crippen molar-refractivity contribution in [3.05, 3.63) is 101 Å². The maximum absolute atomic E-state index is 13.0. The van der Waals surface area contributed by atoms with Gasteiger partial charge in [-0.25, -0.2) is 4.79 Å². The van der Waals surface area contributed by atoms with Crippen LogP contribution in [0.5, 0.6) is 0 Å². The van der Waals surface area contributed by atoms with Crippen molar-refractivity contribution in [3.8, 4) is 0 Å². The average Bonchev–Trinajstić information content (AvgIpc) is 3.31. The second kappa shape index (κ2) is 12.9.